The molecule has 0 bridgehead atoms. The van der Waals surface area contributed by atoms with Crippen molar-refractivity contribution in [2.45, 2.75) is 58.6 Å². The number of benzene rings is 1. The third-order valence-electron chi connectivity index (χ3n) is 4.14. The molecule has 1 N–H and O–H groups in total. The Hall–Kier alpha value is -1.92. The van der Waals surface area contributed by atoms with Crippen molar-refractivity contribution < 1.29 is 9.53 Å². The van der Waals surface area contributed by atoms with Crippen molar-refractivity contribution in [3.63, 3.8) is 0 Å². The summed E-state index contributed by atoms with van der Waals surface area (Å²) in [6.07, 6.45) is 3.99. The zero-order chi connectivity index (χ0) is 19.2. The molecule has 0 atom stereocenters. The fourth-order valence-electron chi connectivity index (χ4n) is 2.65. The third-order valence-corrected chi connectivity index (χ3v) is 5.85. The fraction of sp³-hybridized carbons (Fsp3) is 0.500. The van der Waals surface area contributed by atoms with E-state index in [0.717, 1.165) is 36.4 Å². The summed E-state index contributed by atoms with van der Waals surface area (Å²) in [6, 6.07) is 7.29. The van der Waals surface area contributed by atoms with Crippen molar-refractivity contribution in [1.29, 1.82) is 0 Å². The quantitative estimate of drug-likeness (QED) is 0.369. The number of carbonyl (C=O) groups is 1. The van der Waals surface area contributed by atoms with Crippen LogP contribution in [0.5, 0.6) is 0 Å². The maximum Gasteiger partial charge on any atom is 0.225 e. The van der Waals surface area contributed by atoms with Crippen LogP contribution < -0.4 is 5.32 Å². The van der Waals surface area contributed by atoms with Gasteiger partial charge in [0, 0.05) is 26.5 Å². The van der Waals surface area contributed by atoms with E-state index in [1.54, 1.807) is 0 Å². The average Bonchev–Trinajstić information content (AvgIpc) is 2.88. The maximum absolute atomic E-state index is 12.0. The molecule has 0 saturated carbocycles. The van der Waals surface area contributed by atoms with Gasteiger partial charge in [-0.05, 0) is 36.6 Å². The van der Waals surface area contributed by atoms with E-state index in [2.05, 4.69) is 48.8 Å². The van der Waals surface area contributed by atoms with Gasteiger partial charge in [-0.1, -0.05) is 38.7 Å². The number of aromatic nitrogens is 2. The molecule has 1 amide bonds. The number of rotatable bonds is 10. The van der Waals surface area contributed by atoms with Crippen LogP contribution in [-0.4, -0.2) is 30.4 Å². The lowest BCUT2D eigenvalue weighted by atomic mass is 10.1. The predicted molar refractivity (Wildman–Crippen MR) is 111 cm³/mol. The molecule has 2 aromatic rings. The molecule has 6 heteroatoms. The van der Waals surface area contributed by atoms with Crippen molar-refractivity contribution in [3.8, 4) is 0 Å². The van der Waals surface area contributed by atoms with E-state index in [0.29, 0.717) is 19.0 Å². The minimum Gasteiger partial charge on any atom is -0.360 e. The predicted octanol–water partition coefficient (Wildman–Crippen LogP) is 4.82. The molecule has 0 aliphatic heterocycles. The van der Waals surface area contributed by atoms with Gasteiger partial charge in [0.15, 0.2) is 5.82 Å². The summed E-state index contributed by atoms with van der Waals surface area (Å²) >= 11 is 0. The average molecular weight is 374 g/mol. The first-order chi connectivity index (χ1) is 12.3. The second-order valence-electron chi connectivity index (χ2n) is 7.84. The minimum atomic E-state index is -1.12. The number of ether oxygens (including phenoxy) is 1. The topological polar surface area (TPSA) is 56.2 Å². The molecule has 0 spiro atoms. The Labute approximate surface area is 157 Å². The Morgan fingerprint density at radius 2 is 2.15 bits per heavy atom. The lowest BCUT2D eigenvalue weighted by Crippen LogP contribution is -2.22. The van der Waals surface area contributed by atoms with E-state index >= 15 is 0 Å². The summed E-state index contributed by atoms with van der Waals surface area (Å²) in [5, 5.41) is 8.47. The van der Waals surface area contributed by atoms with E-state index in [9.17, 15) is 4.79 Å². The standard InChI is InChI=1S/C20H31N3O2Si/c1-6-8-16-10-11-17-18(14-16)23(15-25-12-13-26(3,4)5)22-20(17)21-19(24)9-7-2/h6,10-11,14H,1,7-9,12-13,15H2,2-5H3,(H,21,22,24). The zero-order valence-electron chi connectivity index (χ0n) is 16.5. The van der Waals surface area contributed by atoms with Crippen molar-refractivity contribution >= 4 is 30.7 Å². The largest absolute Gasteiger partial charge is 0.360 e. The highest BCUT2D eigenvalue weighted by Gasteiger charge is 2.15. The number of amides is 1. The van der Waals surface area contributed by atoms with Crippen molar-refractivity contribution in [1.82, 2.24) is 9.78 Å². The Morgan fingerprint density at radius 1 is 1.38 bits per heavy atom. The molecule has 1 heterocycles. The number of nitrogens with zero attached hydrogens (tertiary/aromatic N) is 2. The van der Waals surface area contributed by atoms with E-state index < -0.39 is 8.07 Å². The number of fused-ring (bicyclic) bond motifs is 1. The van der Waals surface area contributed by atoms with E-state index in [1.165, 1.54) is 5.56 Å². The van der Waals surface area contributed by atoms with Crippen molar-refractivity contribution in [3.05, 3.63) is 36.4 Å². The second-order valence-corrected chi connectivity index (χ2v) is 13.5. The molecule has 1 aromatic heterocycles. The van der Waals surface area contributed by atoms with Gasteiger partial charge in [0.1, 0.15) is 6.73 Å². The maximum atomic E-state index is 12.0. The van der Waals surface area contributed by atoms with Gasteiger partial charge in [0.2, 0.25) is 5.91 Å². The van der Waals surface area contributed by atoms with Gasteiger partial charge >= 0.3 is 0 Å². The molecule has 0 fully saturated rings. The molecule has 26 heavy (non-hydrogen) atoms. The van der Waals surface area contributed by atoms with E-state index in [-0.39, 0.29) is 5.91 Å². The normalized spacial score (nSPS) is 11.7. The Kier molecular flexibility index (Phi) is 7.17. The summed E-state index contributed by atoms with van der Waals surface area (Å²) in [7, 11) is -1.12. The molecular formula is C20H31N3O2Si. The Balaban J connectivity index is 2.23. The van der Waals surface area contributed by atoms with Gasteiger partial charge in [-0.15, -0.1) is 6.58 Å². The summed E-state index contributed by atoms with van der Waals surface area (Å²) < 4.78 is 7.71. The van der Waals surface area contributed by atoms with E-state index in [1.807, 2.05) is 23.7 Å². The first kappa shape index (κ1) is 20.4. The number of hydrogen-bond acceptors (Lipinski definition) is 3. The second kappa shape index (κ2) is 9.14. The SMILES string of the molecule is C=CCc1ccc2c(NC(=O)CCC)nn(COCC[Si](C)(C)C)c2c1. The van der Waals surface area contributed by atoms with Gasteiger partial charge in [-0.25, -0.2) is 4.68 Å². The first-order valence-electron chi connectivity index (χ1n) is 9.32. The summed E-state index contributed by atoms with van der Waals surface area (Å²) in [5.41, 5.74) is 2.14. The molecule has 0 aliphatic carbocycles. The van der Waals surface area contributed by atoms with Crippen LogP contribution in [0.4, 0.5) is 5.82 Å². The number of hydrogen-bond donors (Lipinski definition) is 1. The highest BCUT2D eigenvalue weighted by Crippen LogP contribution is 2.25. The lowest BCUT2D eigenvalue weighted by Gasteiger charge is -2.15. The molecule has 0 unspecified atom stereocenters. The van der Waals surface area contributed by atoms with Crippen LogP contribution in [0, 0.1) is 0 Å². The Morgan fingerprint density at radius 3 is 2.81 bits per heavy atom. The molecule has 0 radical (unpaired) electrons. The lowest BCUT2D eigenvalue weighted by molar-refractivity contribution is -0.116. The third kappa shape index (κ3) is 5.81. The van der Waals surface area contributed by atoms with Crippen LogP contribution in [-0.2, 0) is 22.7 Å². The summed E-state index contributed by atoms with van der Waals surface area (Å²) in [5.74, 6) is 0.603. The molecule has 5 nitrogen and oxygen atoms in total. The summed E-state index contributed by atoms with van der Waals surface area (Å²) in [6.45, 7) is 13.9. The molecule has 1 aromatic carbocycles. The van der Waals surface area contributed by atoms with Crippen LogP contribution in [0.1, 0.15) is 25.3 Å². The zero-order valence-corrected chi connectivity index (χ0v) is 17.5. The monoisotopic (exact) mass is 373 g/mol. The van der Waals surface area contributed by atoms with Gasteiger partial charge in [-0.2, -0.15) is 5.10 Å². The Bertz CT molecular complexity index is 762. The van der Waals surface area contributed by atoms with Crippen LogP contribution in [0.25, 0.3) is 10.9 Å². The number of nitrogens with one attached hydrogen (secondary N) is 1. The summed E-state index contributed by atoms with van der Waals surface area (Å²) in [4.78, 5) is 12.0. The molecule has 0 saturated heterocycles. The number of allylic oxidation sites excluding steroid dienone is 1. The smallest absolute Gasteiger partial charge is 0.225 e. The molecule has 142 valence electrons. The number of carbonyl (C=O) groups excluding carboxylic acids is 1. The van der Waals surface area contributed by atoms with Crippen molar-refractivity contribution in [2.75, 3.05) is 11.9 Å². The van der Waals surface area contributed by atoms with Crippen LogP contribution in [0.2, 0.25) is 25.7 Å². The molecule has 0 aliphatic rings. The van der Waals surface area contributed by atoms with Gasteiger partial charge in [0.25, 0.3) is 0 Å². The number of anilines is 1. The minimum absolute atomic E-state index is 0.00568. The fourth-order valence-corrected chi connectivity index (χ4v) is 3.41. The molecule has 2 rings (SSSR count). The first-order valence-corrected chi connectivity index (χ1v) is 13.0. The van der Waals surface area contributed by atoms with Crippen LogP contribution in [0.3, 0.4) is 0 Å². The molecular weight excluding hydrogens is 342 g/mol. The van der Waals surface area contributed by atoms with Crippen LogP contribution in [0.15, 0.2) is 30.9 Å². The van der Waals surface area contributed by atoms with E-state index in [4.69, 9.17) is 4.74 Å². The van der Waals surface area contributed by atoms with Gasteiger partial charge in [0.05, 0.1) is 5.52 Å². The van der Waals surface area contributed by atoms with Gasteiger partial charge < -0.3 is 10.1 Å². The highest BCUT2D eigenvalue weighted by atomic mass is 28.3. The van der Waals surface area contributed by atoms with Crippen molar-refractivity contribution in [2.24, 2.45) is 0 Å². The highest BCUT2D eigenvalue weighted by molar-refractivity contribution is 6.76. The van der Waals surface area contributed by atoms with Crippen LogP contribution >= 0.6 is 0 Å². The van der Waals surface area contributed by atoms with Gasteiger partial charge in [-0.3, -0.25) is 4.79 Å².